The first-order chi connectivity index (χ1) is 26.4. The molecule has 8 N–H and O–H groups in total. The van der Waals surface area contributed by atoms with Gasteiger partial charge in [0.05, 0.1) is 17.7 Å². The number of carbonyl (C=O) groups excluding carboxylic acids is 6. The molecule has 5 atom stereocenters. The molecule has 0 saturated carbocycles. The Kier molecular flexibility index (Phi) is 14.7. The molecule has 20 nitrogen and oxygen atoms in total. The van der Waals surface area contributed by atoms with E-state index < -0.39 is 76.1 Å². The van der Waals surface area contributed by atoms with Crippen molar-refractivity contribution in [2.24, 2.45) is 17.4 Å². The number of carbonyl (C=O) groups is 9. The molecule has 4 aliphatic rings. The van der Waals surface area contributed by atoms with E-state index in [0.717, 1.165) is 14.7 Å². The number of thioether (sulfide) groups is 2. The van der Waals surface area contributed by atoms with Crippen LogP contribution in [0.15, 0.2) is 40.1 Å². The lowest BCUT2D eigenvalue weighted by molar-refractivity contribution is -0.192. The number of nitrogens with zero attached hydrogens (tertiary/aromatic N) is 2. The van der Waals surface area contributed by atoms with Crippen molar-refractivity contribution in [1.82, 2.24) is 15.1 Å². The number of nitrogens with one attached hydrogen (secondary N) is 1. The first-order valence-electron chi connectivity index (χ1n) is 16.7. The topological polar surface area (TPSA) is 313 Å². The Morgan fingerprint density at radius 1 is 0.982 bits per heavy atom. The number of esters is 1. The summed E-state index contributed by atoms with van der Waals surface area (Å²) in [6.07, 6.45) is -0.418. The average Bonchev–Trinajstić information content (AvgIpc) is 3.66. The summed E-state index contributed by atoms with van der Waals surface area (Å²) >= 11 is 3.92. The monoisotopic (exact) mass is 841 g/mol. The van der Waals surface area contributed by atoms with Gasteiger partial charge in [0.15, 0.2) is 0 Å². The number of hydrogen-bond acceptors (Lipinski definition) is 16. The number of carboxylic acid groups (broad SMARTS) is 3. The smallest absolute Gasteiger partial charge is 0.404 e. The van der Waals surface area contributed by atoms with Crippen LogP contribution in [-0.2, 0) is 59.0 Å². The molecule has 1 aromatic rings. The molecule has 5 rings (SSSR count). The number of carboxylic acids is 3. The molecule has 0 aromatic carbocycles. The zero-order chi connectivity index (χ0) is 41.5. The summed E-state index contributed by atoms with van der Waals surface area (Å²) in [6.45, 7) is 0.665. The van der Waals surface area contributed by atoms with Gasteiger partial charge >= 0.3 is 30.0 Å². The zero-order valence-corrected chi connectivity index (χ0v) is 32.4. The number of nitrogens with two attached hydrogens (primary N) is 2. The number of ketones is 1. The third kappa shape index (κ3) is 9.69. The van der Waals surface area contributed by atoms with E-state index >= 15 is 0 Å². The summed E-state index contributed by atoms with van der Waals surface area (Å²) < 4.78 is 14.9. The lowest BCUT2D eigenvalue weighted by Crippen LogP contribution is -2.80. The highest BCUT2D eigenvalue weighted by Crippen LogP contribution is 2.47. The van der Waals surface area contributed by atoms with Crippen LogP contribution in [0.2, 0.25) is 0 Å². The van der Waals surface area contributed by atoms with Crippen LogP contribution in [0.25, 0.3) is 0 Å². The molecule has 0 bridgehead atoms. The number of amides is 4. The van der Waals surface area contributed by atoms with Crippen LogP contribution in [0.3, 0.4) is 0 Å². The Bertz CT molecular complexity index is 1850. The third-order valence-corrected chi connectivity index (χ3v) is 12.5. The predicted molar refractivity (Wildman–Crippen MR) is 196 cm³/mol. The van der Waals surface area contributed by atoms with Gasteiger partial charge in [-0.25, -0.2) is 14.4 Å². The minimum Gasteiger partial charge on any atom is -0.480 e. The van der Waals surface area contributed by atoms with Gasteiger partial charge in [0.1, 0.15) is 41.8 Å². The summed E-state index contributed by atoms with van der Waals surface area (Å²) in [6, 6.07) is 2.58. The van der Waals surface area contributed by atoms with Crippen molar-refractivity contribution in [1.29, 1.82) is 0 Å². The van der Waals surface area contributed by atoms with E-state index in [0.29, 0.717) is 12.0 Å². The summed E-state index contributed by atoms with van der Waals surface area (Å²) in [7, 11) is 1.27. The molecule has 5 heterocycles. The van der Waals surface area contributed by atoms with Gasteiger partial charge in [0, 0.05) is 54.4 Å². The van der Waals surface area contributed by atoms with Crippen molar-refractivity contribution in [2.45, 2.75) is 61.5 Å². The van der Waals surface area contributed by atoms with Crippen molar-refractivity contribution >= 4 is 88.3 Å². The number of thiophene rings is 1. The van der Waals surface area contributed by atoms with Crippen molar-refractivity contribution in [3.05, 3.63) is 44.9 Å². The summed E-state index contributed by atoms with van der Waals surface area (Å²) in [4.78, 5) is 109. The molecule has 56 heavy (non-hydrogen) atoms. The van der Waals surface area contributed by atoms with Crippen LogP contribution in [0.1, 0.15) is 37.5 Å². The van der Waals surface area contributed by atoms with Gasteiger partial charge in [-0.1, -0.05) is 6.07 Å². The molecule has 4 amide bonds. The number of rotatable bonds is 17. The minimum absolute atomic E-state index is 0.0263. The number of aliphatic carboxylic acids is 3. The quantitative estimate of drug-likeness (QED) is 0.0686. The summed E-state index contributed by atoms with van der Waals surface area (Å²) in [5.41, 5.74) is 8.74. The van der Waals surface area contributed by atoms with Crippen molar-refractivity contribution in [2.75, 3.05) is 31.8 Å². The number of hydrogen-bond donors (Lipinski definition) is 6. The molecule has 0 spiro atoms. The van der Waals surface area contributed by atoms with Crippen molar-refractivity contribution in [3.8, 4) is 0 Å². The maximum absolute atomic E-state index is 12.8. The Morgan fingerprint density at radius 3 is 2.16 bits per heavy atom. The molecule has 2 saturated heterocycles. The van der Waals surface area contributed by atoms with E-state index in [1.807, 2.05) is 11.4 Å². The van der Waals surface area contributed by atoms with Gasteiger partial charge in [0.2, 0.25) is 11.8 Å². The maximum Gasteiger partial charge on any atom is 0.404 e. The van der Waals surface area contributed by atoms with Crippen LogP contribution in [-0.4, -0.2) is 133 Å². The highest BCUT2D eigenvalue weighted by molar-refractivity contribution is 8.00. The van der Waals surface area contributed by atoms with Gasteiger partial charge in [-0.2, -0.15) is 0 Å². The van der Waals surface area contributed by atoms with Crippen LogP contribution in [0, 0.1) is 5.92 Å². The van der Waals surface area contributed by atoms with E-state index in [-0.39, 0.29) is 73.2 Å². The molecule has 304 valence electrons. The Labute approximate surface area is 330 Å². The van der Waals surface area contributed by atoms with E-state index in [4.69, 9.17) is 26.0 Å². The van der Waals surface area contributed by atoms with Crippen molar-refractivity contribution in [3.63, 3.8) is 0 Å². The van der Waals surface area contributed by atoms with Crippen LogP contribution in [0.4, 0.5) is 4.79 Å². The minimum atomic E-state index is -1.66. The molecule has 0 aliphatic carbocycles. The number of fused-ring (bicyclic) bond motifs is 2. The molecule has 1 aromatic heterocycles. The van der Waals surface area contributed by atoms with Gasteiger partial charge in [-0.3, -0.25) is 38.6 Å². The van der Waals surface area contributed by atoms with Crippen molar-refractivity contribution < 1.29 is 72.7 Å². The molecule has 4 aliphatic heterocycles. The Hall–Kier alpha value is -4.97. The normalized spacial score (nSPS) is 22.9. The Balaban J connectivity index is 0.000000249. The van der Waals surface area contributed by atoms with Gasteiger partial charge in [0.25, 0.3) is 11.6 Å². The summed E-state index contributed by atoms with van der Waals surface area (Å²) in [5.74, 6) is -6.26. The number of Topliss-reactive ketones (excluding diaryl/α,β-unsaturated/α-hetero) is 1. The second-order valence-corrected chi connectivity index (χ2v) is 15.8. The number of β-lactam (4-membered cyclic amide) rings is 2. The fourth-order valence-electron chi connectivity index (χ4n) is 6.14. The van der Waals surface area contributed by atoms with E-state index in [9.17, 15) is 53.4 Å². The fourth-order valence-corrected chi connectivity index (χ4v) is 9.66. The van der Waals surface area contributed by atoms with E-state index in [1.165, 1.54) is 48.9 Å². The lowest BCUT2D eigenvalue weighted by Gasteiger charge is -2.55. The lowest BCUT2D eigenvalue weighted by atomic mass is 9.89. The Morgan fingerprint density at radius 2 is 1.61 bits per heavy atom. The zero-order valence-electron chi connectivity index (χ0n) is 29.9. The van der Waals surface area contributed by atoms with Crippen LogP contribution >= 0.6 is 34.9 Å². The standard InChI is InChI=1S/C17H22N2O8S.C16H17N3O7S2/c1-8(20)27-6-9-7-28-15-11(14(22)19(15)13(9)17(25)26)5-10(21)3-2-4-12(18)16(23)24;1-25-16(18-10(20)5-9-3-2-4-27-9)13(23)19-11(12(21)22)8(6-26-15(17)24)7-28-14(16)19/h11-12,15H,2-7,18H2,1H3,(H,23,24)(H,25,26);2-4,14H,5-7H2,1H3,(H2,17,24)(H,18,20)(H,21,22)/t11-,12-,15-;14-,16+/m11/s1. The second-order valence-electron chi connectivity index (χ2n) is 12.6. The van der Waals surface area contributed by atoms with Gasteiger partial charge in [-0.05, 0) is 24.3 Å². The molecular formula is C33H39N5O15S3. The molecule has 2 fully saturated rings. The second kappa shape index (κ2) is 18.8. The SMILES string of the molecule is CC(=O)OCC1=C(C(=O)O)N2C(=O)[C@@H](CC(=O)CCC[C@@H](N)C(=O)O)[C@H]2SC1.CO[C@@]1(NC(=O)Cc2cccs2)C(=O)N2C(C(=O)O)=C(COC(N)=O)CS[C@@H]21. The van der Waals surface area contributed by atoms with Crippen LogP contribution in [0.5, 0.6) is 0 Å². The molecular weight excluding hydrogens is 803 g/mol. The van der Waals surface area contributed by atoms with Crippen LogP contribution < -0.4 is 16.8 Å². The summed E-state index contributed by atoms with van der Waals surface area (Å²) in [5, 5.41) is 31.0. The number of methoxy groups -OCH3 is 1. The number of primary amides is 1. The fraction of sp³-hybridized carbons (Fsp3) is 0.485. The van der Waals surface area contributed by atoms with Gasteiger partial charge in [-0.15, -0.1) is 34.9 Å². The third-order valence-electron chi connectivity index (χ3n) is 8.81. The molecule has 0 unspecified atom stereocenters. The average molecular weight is 842 g/mol. The predicted octanol–water partition coefficient (Wildman–Crippen LogP) is 0.0595. The number of ether oxygens (including phenoxy) is 3. The van der Waals surface area contributed by atoms with Gasteiger partial charge < -0.3 is 46.3 Å². The van der Waals surface area contributed by atoms with E-state index in [2.05, 4.69) is 10.1 Å². The molecule has 0 radical (unpaired) electrons. The maximum atomic E-state index is 12.8. The first-order valence-corrected chi connectivity index (χ1v) is 19.7. The first kappa shape index (κ1) is 43.8. The highest BCUT2D eigenvalue weighted by Gasteiger charge is 2.66. The van der Waals surface area contributed by atoms with E-state index in [1.54, 1.807) is 6.07 Å². The largest absolute Gasteiger partial charge is 0.480 e. The highest BCUT2D eigenvalue weighted by atomic mass is 32.2. The molecule has 23 heteroatoms.